The summed E-state index contributed by atoms with van der Waals surface area (Å²) in [5.41, 5.74) is 4.01. The van der Waals surface area contributed by atoms with Crippen LogP contribution in [0.1, 0.15) is 36.8 Å². The van der Waals surface area contributed by atoms with Crippen LogP contribution in [-0.2, 0) is 22.4 Å². The highest BCUT2D eigenvalue weighted by atomic mass is 16.5. The van der Waals surface area contributed by atoms with E-state index in [1.54, 1.807) is 0 Å². The smallest absolute Gasteiger partial charge is 0.356 e. The van der Waals surface area contributed by atoms with Gasteiger partial charge in [0.15, 0.2) is 0 Å². The van der Waals surface area contributed by atoms with Gasteiger partial charge in [0.25, 0.3) is 0 Å². The zero-order chi connectivity index (χ0) is 15.8. The highest BCUT2D eigenvalue weighted by Crippen LogP contribution is 2.23. The maximum atomic E-state index is 12.3. The second kappa shape index (κ2) is 5.84. The molecule has 2 aliphatic heterocycles. The number of hydrogen-bond acceptors (Lipinski definition) is 4. The number of piperidine rings is 1. The molecular formula is C19H21N2O2. The zero-order valence-corrected chi connectivity index (χ0v) is 13.5. The summed E-state index contributed by atoms with van der Waals surface area (Å²) < 4.78 is 5.02. The molecular weight excluding hydrogens is 288 g/mol. The van der Waals surface area contributed by atoms with Crippen molar-refractivity contribution in [3.8, 4) is 0 Å². The number of likely N-dealkylation sites (tertiary alicyclic amines) is 1. The molecule has 1 saturated heterocycles. The Hall–Kier alpha value is -2.10. The monoisotopic (exact) mass is 309 g/mol. The summed E-state index contributed by atoms with van der Waals surface area (Å²) in [5, 5.41) is 1.96. The average Bonchev–Trinajstić information content (AvgIpc) is 3.19. The Bertz CT molecular complexity index is 756. The van der Waals surface area contributed by atoms with Gasteiger partial charge in [-0.2, -0.15) is 0 Å². The van der Waals surface area contributed by atoms with Crippen LogP contribution in [0.3, 0.4) is 0 Å². The molecule has 0 atom stereocenters. The minimum Gasteiger partial charge on any atom is -0.464 e. The number of methoxy groups -OCH3 is 1. The topological polar surface area (TPSA) is 41.9 Å². The van der Waals surface area contributed by atoms with Crippen molar-refractivity contribution in [3.05, 3.63) is 45.2 Å². The van der Waals surface area contributed by atoms with Gasteiger partial charge in [0, 0.05) is 24.4 Å². The predicted octanol–water partition coefficient (Wildman–Crippen LogP) is 1.34. The van der Waals surface area contributed by atoms with E-state index in [-0.39, 0.29) is 5.97 Å². The molecule has 4 nitrogen and oxygen atoms in total. The van der Waals surface area contributed by atoms with E-state index in [1.165, 1.54) is 31.1 Å². The Morgan fingerprint density at radius 1 is 1.13 bits per heavy atom. The third-order valence-electron chi connectivity index (χ3n) is 4.97. The molecule has 1 aromatic rings. The Labute approximate surface area is 136 Å². The lowest BCUT2D eigenvalue weighted by Gasteiger charge is -2.29. The first kappa shape index (κ1) is 14.5. The van der Waals surface area contributed by atoms with Crippen molar-refractivity contribution in [2.45, 2.75) is 38.5 Å². The fraction of sp³-hybridized carbons (Fsp3) is 0.474. The van der Waals surface area contributed by atoms with Crippen LogP contribution in [-0.4, -0.2) is 31.1 Å². The van der Waals surface area contributed by atoms with Crippen LogP contribution >= 0.6 is 0 Å². The van der Waals surface area contributed by atoms with E-state index in [0.717, 1.165) is 49.3 Å². The number of hydrogen-bond donors (Lipinski definition) is 0. The molecule has 4 heteroatoms. The van der Waals surface area contributed by atoms with E-state index >= 15 is 0 Å². The van der Waals surface area contributed by atoms with Gasteiger partial charge in [-0.25, -0.2) is 9.79 Å². The summed E-state index contributed by atoms with van der Waals surface area (Å²) in [6.45, 7) is 1.77. The summed E-state index contributed by atoms with van der Waals surface area (Å²) in [7, 11) is 1.43. The van der Waals surface area contributed by atoms with Crippen molar-refractivity contribution < 1.29 is 9.53 Å². The van der Waals surface area contributed by atoms with Gasteiger partial charge in [-0.05, 0) is 61.8 Å². The fourth-order valence-electron chi connectivity index (χ4n) is 3.78. The summed E-state index contributed by atoms with van der Waals surface area (Å²) in [4.78, 5) is 19.1. The molecule has 119 valence electrons. The molecule has 0 aromatic heterocycles. The number of benzene rings is 1. The Kier molecular flexibility index (Phi) is 3.68. The van der Waals surface area contributed by atoms with Gasteiger partial charge in [0.2, 0.25) is 0 Å². The summed E-state index contributed by atoms with van der Waals surface area (Å²) in [5.74, 6) is -0.307. The fourth-order valence-corrected chi connectivity index (χ4v) is 3.78. The van der Waals surface area contributed by atoms with Crippen LogP contribution in [0.25, 0.3) is 6.08 Å². The molecule has 1 aromatic carbocycles. The number of ether oxygens (including phenoxy) is 1. The number of esters is 1. The number of nitrogens with zero attached hydrogens (tertiary/aromatic N) is 2. The summed E-state index contributed by atoms with van der Waals surface area (Å²) >= 11 is 0. The summed E-state index contributed by atoms with van der Waals surface area (Å²) in [6, 6.07) is 4.36. The van der Waals surface area contributed by atoms with Crippen LogP contribution in [0.2, 0.25) is 0 Å². The quantitative estimate of drug-likeness (QED) is 0.611. The lowest BCUT2D eigenvalue weighted by Crippen LogP contribution is -2.34. The third-order valence-corrected chi connectivity index (χ3v) is 4.97. The van der Waals surface area contributed by atoms with Gasteiger partial charge in [0.1, 0.15) is 11.4 Å². The molecule has 1 aliphatic carbocycles. The molecule has 0 saturated carbocycles. The zero-order valence-electron chi connectivity index (χ0n) is 13.5. The summed E-state index contributed by atoms with van der Waals surface area (Å²) in [6.07, 6.45) is 10.3. The maximum Gasteiger partial charge on any atom is 0.356 e. The van der Waals surface area contributed by atoms with E-state index in [9.17, 15) is 4.79 Å². The molecule has 4 rings (SSSR count). The largest absolute Gasteiger partial charge is 0.464 e. The minimum absolute atomic E-state index is 0.307. The van der Waals surface area contributed by atoms with E-state index in [4.69, 9.17) is 9.73 Å². The van der Waals surface area contributed by atoms with Crippen molar-refractivity contribution in [2.24, 2.45) is 4.99 Å². The minimum atomic E-state index is -0.307. The number of carbonyl (C=O) groups excluding carboxylic acids is 1. The highest BCUT2D eigenvalue weighted by molar-refractivity contribution is 5.90. The number of allylic oxidation sites excluding steroid dienone is 1. The first-order valence-corrected chi connectivity index (χ1v) is 8.48. The van der Waals surface area contributed by atoms with Crippen molar-refractivity contribution in [1.82, 2.24) is 4.90 Å². The molecule has 0 amide bonds. The Morgan fingerprint density at radius 2 is 1.87 bits per heavy atom. The van der Waals surface area contributed by atoms with Gasteiger partial charge in [-0.3, -0.25) is 0 Å². The average molecular weight is 309 g/mol. The first-order chi connectivity index (χ1) is 11.3. The lowest BCUT2D eigenvalue weighted by molar-refractivity contribution is -0.138. The number of aryl methyl sites for hydroxylation is 2. The SMILES string of the molecule is COC(=O)C(=C1[C]=c2cc3c(cc2=N1)CCC3)N1CCCCC1. The number of rotatable bonds is 2. The highest BCUT2D eigenvalue weighted by Gasteiger charge is 2.25. The Balaban J connectivity index is 1.81. The Morgan fingerprint density at radius 3 is 2.61 bits per heavy atom. The number of carbonyl (C=O) groups is 1. The van der Waals surface area contributed by atoms with Crippen molar-refractivity contribution in [3.63, 3.8) is 0 Å². The molecule has 1 radical (unpaired) electrons. The van der Waals surface area contributed by atoms with E-state index in [2.05, 4.69) is 23.1 Å². The first-order valence-electron chi connectivity index (χ1n) is 8.48. The van der Waals surface area contributed by atoms with Crippen molar-refractivity contribution in [1.29, 1.82) is 0 Å². The van der Waals surface area contributed by atoms with Crippen LogP contribution in [0.5, 0.6) is 0 Å². The van der Waals surface area contributed by atoms with Crippen LogP contribution in [0.15, 0.2) is 28.5 Å². The van der Waals surface area contributed by atoms with Crippen LogP contribution in [0.4, 0.5) is 0 Å². The predicted molar refractivity (Wildman–Crippen MR) is 87.1 cm³/mol. The molecule has 0 bridgehead atoms. The molecule has 0 N–H and O–H groups in total. The lowest BCUT2D eigenvalue weighted by atomic mass is 10.1. The standard InChI is InChI=1S/C19H21N2O2/c1-23-19(22)18(21-8-3-2-4-9-21)17-12-15-10-13-6-5-7-14(13)11-16(15)20-17/h10-11H,2-9H2,1H3. The molecule has 1 fully saturated rings. The molecule has 23 heavy (non-hydrogen) atoms. The van der Waals surface area contributed by atoms with E-state index in [0.29, 0.717) is 11.4 Å². The van der Waals surface area contributed by atoms with E-state index < -0.39 is 0 Å². The van der Waals surface area contributed by atoms with Gasteiger partial charge in [-0.15, -0.1) is 0 Å². The number of fused-ring (bicyclic) bond motifs is 2. The maximum absolute atomic E-state index is 12.3. The van der Waals surface area contributed by atoms with Crippen molar-refractivity contribution >= 4 is 12.0 Å². The van der Waals surface area contributed by atoms with Gasteiger partial charge in [-0.1, -0.05) is 0 Å². The van der Waals surface area contributed by atoms with Crippen LogP contribution in [0, 0.1) is 0 Å². The molecule has 2 heterocycles. The van der Waals surface area contributed by atoms with E-state index in [1.807, 2.05) is 0 Å². The third kappa shape index (κ3) is 2.56. The van der Waals surface area contributed by atoms with Gasteiger partial charge in [0.05, 0.1) is 12.5 Å². The van der Waals surface area contributed by atoms with Crippen molar-refractivity contribution in [2.75, 3.05) is 20.2 Å². The second-order valence-electron chi connectivity index (χ2n) is 6.46. The van der Waals surface area contributed by atoms with Gasteiger partial charge < -0.3 is 9.64 Å². The molecule has 0 spiro atoms. The van der Waals surface area contributed by atoms with Gasteiger partial charge >= 0.3 is 5.97 Å². The molecule has 0 unspecified atom stereocenters. The normalized spacial score (nSPS) is 21.2. The van der Waals surface area contributed by atoms with Crippen LogP contribution < -0.4 is 10.6 Å². The molecule has 3 aliphatic rings. The second-order valence-corrected chi connectivity index (χ2v) is 6.46.